The quantitative estimate of drug-likeness (QED) is 0.625. The predicted octanol–water partition coefficient (Wildman–Crippen LogP) is 2.30. The van der Waals surface area contributed by atoms with Crippen LogP contribution < -0.4 is 5.32 Å². The van der Waals surface area contributed by atoms with Gasteiger partial charge in [0, 0.05) is 32.7 Å². The first-order valence-corrected chi connectivity index (χ1v) is 8.38. The highest BCUT2D eigenvalue weighted by molar-refractivity contribution is 5.80. The van der Waals surface area contributed by atoms with Gasteiger partial charge >= 0.3 is 6.09 Å². The predicted molar refractivity (Wildman–Crippen MR) is 90.3 cm³/mol. The molecule has 0 bridgehead atoms. The number of carbonyl (C=O) groups excluding carboxylic acids is 1. The van der Waals surface area contributed by atoms with E-state index >= 15 is 0 Å². The van der Waals surface area contributed by atoms with E-state index in [4.69, 9.17) is 4.74 Å². The molecule has 1 aliphatic rings. The number of likely N-dealkylation sites (tertiary alicyclic amines) is 1. The van der Waals surface area contributed by atoms with Gasteiger partial charge in [-0.2, -0.15) is 0 Å². The first kappa shape index (κ1) is 18.6. The number of ether oxygens (including phenoxy) is 1. The Morgan fingerprint density at radius 2 is 1.91 bits per heavy atom. The van der Waals surface area contributed by atoms with Crippen LogP contribution in [0.1, 0.15) is 47.5 Å². The molecule has 0 aromatic carbocycles. The zero-order valence-corrected chi connectivity index (χ0v) is 14.8. The minimum atomic E-state index is -0.460. The Kier molecular flexibility index (Phi) is 7.48. The summed E-state index contributed by atoms with van der Waals surface area (Å²) in [5, 5.41) is 3.32. The molecule has 0 aromatic rings. The molecule has 1 saturated heterocycles. The third kappa shape index (κ3) is 6.54. The molecule has 1 rings (SSSR count). The average molecular weight is 312 g/mol. The van der Waals surface area contributed by atoms with Crippen LogP contribution in [-0.4, -0.2) is 66.7 Å². The highest BCUT2D eigenvalue weighted by atomic mass is 16.6. The van der Waals surface area contributed by atoms with Crippen molar-refractivity contribution < 1.29 is 9.53 Å². The van der Waals surface area contributed by atoms with Gasteiger partial charge in [0.1, 0.15) is 5.60 Å². The molecule has 0 unspecified atom stereocenters. The molecule has 22 heavy (non-hydrogen) atoms. The van der Waals surface area contributed by atoms with Gasteiger partial charge in [-0.25, -0.2) is 4.79 Å². The summed E-state index contributed by atoms with van der Waals surface area (Å²) in [5.74, 6) is 0.959. The molecule has 6 nitrogen and oxygen atoms in total. The van der Waals surface area contributed by atoms with Crippen LogP contribution in [0.15, 0.2) is 4.99 Å². The van der Waals surface area contributed by atoms with E-state index in [9.17, 15) is 4.79 Å². The Morgan fingerprint density at radius 1 is 1.27 bits per heavy atom. The fourth-order valence-electron chi connectivity index (χ4n) is 2.34. The molecule has 1 fully saturated rings. The van der Waals surface area contributed by atoms with Crippen molar-refractivity contribution in [2.75, 3.05) is 39.3 Å². The van der Waals surface area contributed by atoms with Gasteiger partial charge in [-0.15, -0.1) is 0 Å². The molecule has 6 heteroatoms. The Bertz CT molecular complexity index is 371. The molecule has 1 amide bonds. The summed E-state index contributed by atoms with van der Waals surface area (Å²) < 4.78 is 5.41. The van der Waals surface area contributed by atoms with Crippen LogP contribution in [0.4, 0.5) is 4.79 Å². The van der Waals surface area contributed by atoms with Crippen LogP contribution in [0.3, 0.4) is 0 Å². The summed E-state index contributed by atoms with van der Waals surface area (Å²) >= 11 is 0. The average Bonchev–Trinajstić information content (AvgIpc) is 2.94. The van der Waals surface area contributed by atoms with Gasteiger partial charge in [-0.3, -0.25) is 4.99 Å². The molecular formula is C16H32N4O2. The smallest absolute Gasteiger partial charge is 0.410 e. The normalized spacial score (nSPS) is 15.9. The number of hydrogen-bond acceptors (Lipinski definition) is 3. The molecule has 0 aromatic heterocycles. The molecule has 128 valence electrons. The number of nitrogens with zero attached hydrogens (tertiary/aromatic N) is 3. The van der Waals surface area contributed by atoms with Crippen LogP contribution in [0.2, 0.25) is 0 Å². The van der Waals surface area contributed by atoms with Crippen molar-refractivity contribution in [2.45, 2.75) is 53.1 Å². The van der Waals surface area contributed by atoms with Crippen LogP contribution >= 0.6 is 0 Å². The lowest BCUT2D eigenvalue weighted by atomic mass is 10.2. The molecule has 0 spiro atoms. The minimum absolute atomic E-state index is 0.267. The second kappa shape index (κ2) is 8.86. The number of carbonyl (C=O) groups is 1. The summed E-state index contributed by atoms with van der Waals surface area (Å²) in [6, 6.07) is 0. The Morgan fingerprint density at radius 3 is 2.41 bits per heavy atom. The van der Waals surface area contributed by atoms with Crippen LogP contribution in [0.5, 0.6) is 0 Å². The first-order chi connectivity index (χ1) is 10.4. The zero-order valence-electron chi connectivity index (χ0n) is 14.8. The maximum atomic E-state index is 12.1. The molecular weight excluding hydrogens is 280 g/mol. The lowest BCUT2D eigenvalue weighted by Crippen LogP contribution is -2.41. The number of aliphatic imine (C=N–C) groups is 1. The topological polar surface area (TPSA) is 57.2 Å². The van der Waals surface area contributed by atoms with Gasteiger partial charge in [0.25, 0.3) is 0 Å². The highest BCUT2D eigenvalue weighted by Crippen LogP contribution is 2.10. The Hall–Kier alpha value is -1.46. The molecule has 1 N–H and O–H groups in total. The van der Waals surface area contributed by atoms with Gasteiger partial charge in [0.15, 0.2) is 5.96 Å². The number of amides is 1. The number of nitrogens with one attached hydrogen (secondary N) is 1. The third-order valence-electron chi connectivity index (χ3n) is 3.41. The number of guanidine groups is 1. The van der Waals surface area contributed by atoms with E-state index in [0.717, 1.165) is 25.6 Å². The number of rotatable bonds is 5. The first-order valence-electron chi connectivity index (χ1n) is 8.38. The van der Waals surface area contributed by atoms with Crippen LogP contribution in [0, 0.1) is 0 Å². The van der Waals surface area contributed by atoms with Crippen molar-refractivity contribution in [2.24, 2.45) is 4.99 Å². The SMILES string of the molecule is CCNC(=NCCN(CC)C(=O)OC(C)(C)C)N1CCCC1. The summed E-state index contributed by atoms with van der Waals surface area (Å²) in [7, 11) is 0. The van der Waals surface area contributed by atoms with E-state index in [0.29, 0.717) is 19.6 Å². The second-order valence-corrected chi connectivity index (χ2v) is 6.49. The van der Waals surface area contributed by atoms with E-state index in [1.807, 2.05) is 27.7 Å². The maximum absolute atomic E-state index is 12.1. The van der Waals surface area contributed by atoms with Gasteiger partial charge in [-0.05, 0) is 47.5 Å². The third-order valence-corrected chi connectivity index (χ3v) is 3.41. The highest BCUT2D eigenvalue weighted by Gasteiger charge is 2.21. The Labute approximate surface area is 134 Å². The van der Waals surface area contributed by atoms with Crippen molar-refractivity contribution >= 4 is 12.1 Å². The molecule has 0 atom stereocenters. The molecule has 0 saturated carbocycles. The molecule has 1 heterocycles. The minimum Gasteiger partial charge on any atom is -0.444 e. The van der Waals surface area contributed by atoms with Crippen molar-refractivity contribution in [1.82, 2.24) is 15.1 Å². The standard InChI is InChI=1S/C16H32N4O2/c1-6-17-14(20-11-8-9-12-20)18-10-13-19(7-2)15(21)22-16(3,4)5/h6-13H2,1-5H3,(H,17,18). The van der Waals surface area contributed by atoms with Crippen molar-refractivity contribution in [3.63, 3.8) is 0 Å². The van der Waals surface area contributed by atoms with E-state index in [-0.39, 0.29) is 6.09 Å². The lowest BCUT2D eigenvalue weighted by Gasteiger charge is -2.26. The number of hydrogen-bond donors (Lipinski definition) is 1. The number of likely N-dealkylation sites (N-methyl/N-ethyl adjacent to an activating group) is 1. The fraction of sp³-hybridized carbons (Fsp3) is 0.875. The van der Waals surface area contributed by atoms with Crippen molar-refractivity contribution in [1.29, 1.82) is 0 Å². The zero-order chi connectivity index (χ0) is 16.6. The van der Waals surface area contributed by atoms with E-state index in [1.165, 1.54) is 12.8 Å². The van der Waals surface area contributed by atoms with Gasteiger partial charge in [-0.1, -0.05) is 0 Å². The molecule has 0 radical (unpaired) electrons. The van der Waals surface area contributed by atoms with Gasteiger partial charge < -0.3 is 19.9 Å². The van der Waals surface area contributed by atoms with E-state index in [2.05, 4.69) is 22.1 Å². The monoisotopic (exact) mass is 312 g/mol. The summed E-state index contributed by atoms with van der Waals surface area (Å²) in [6.45, 7) is 14.5. The van der Waals surface area contributed by atoms with Crippen molar-refractivity contribution in [3.8, 4) is 0 Å². The summed E-state index contributed by atoms with van der Waals surface area (Å²) in [5.41, 5.74) is -0.460. The molecule has 0 aliphatic carbocycles. The van der Waals surface area contributed by atoms with E-state index < -0.39 is 5.60 Å². The maximum Gasteiger partial charge on any atom is 0.410 e. The van der Waals surface area contributed by atoms with Crippen LogP contribution in [0.25, 0.3) is 0 Å². The lowest BCUT2D eigenvalue weighted by molar-refractivity contribution is 0.0266. The largest absolute Gasteiger partial charge is 0.444 e. The van der Waals surface area contributed by atoms with E-state index in [1.54, 1.807) is 4.90 Å². The summed E-state index contributed by atoms with van der Waals surface area (Å²) in [6.07, 6.45) is 2.18. The molecule has 1 aliphatic heterocycles. The van der Waals surface area contributed by atoms with Crippen molar-refractivity contribution in [3.05, 3.63) is 0 Å². The van der Waals surface area contributed by atoms with Crippen LogP contribution in [-0.2, 0) is 4.74 Å². The fourth-order valence-corrected chi connectivity index (χ4v) is 2.34. The summed E-state index contributed by atoms with van der Waals surface area (Å²) in [4.78, 5) is 20.7. The second-order valence-electron chi connectivity index (χ2n) is 6.49. The van der Waals surface area contributed by atoms with Gasteiger partial charge in [0.2, 0.25) is 0 Å². The van der Waals surface area contributed by atoms with Gasteiger partial charge in [0.05, 0.1) is 6.54 Å². The Balaban J connectivity index is 2.52.